The number of ketones is 1. The van der Waals surface area contributed by atoms with Gasteiger partial charge < -0.3 is 5.32 Å². The van der Waals surface area contributed by atoms with Gasteiger partial charge in [0.05, 0.1) is 0 Å². The molecule has 2 heterocycles. The van der Waals surface area contributed by atoms with E-state index < -0.39 is 0 Å². The van der Waals surface area contributed by atoms with Gasteiger partial charge in [0.2, 0.25) is 0 Å². The Labute approximate surface area is 127 Å². The van der Waals surface area contributed by atoms with E-state index in [4.69, 9.17) is 0 Å². The van der Waals surface area contributed by atoms with Crippen LogP contribution in [0.15, 0.2) is 22.7 Å². The van der Waals surface area contributed by atoms with E-state index in [2.05, 4.69) is 21.2 Å². The average molecular weight is 340 g/mol. The molecule has 2 atom stereocenters. The van der Waals surface area contributed by atoms with E-state index in [1.807, 2.05) is 6.07 Å². The summed E-state index contributed by atoms with van der Waals surface area (Å²) in [5.74, 6) is 0.453. The SMILES string of the molecule is O=C(Cc1cc(F)cc(Br)c1)CC1CC2CCC(C1)N2. The molecule has 108 valence electrons. The Kier molecular flexibility index (Phi) is 4.22. The number of hydrogen-bond donors (Lipinski definition) is 1. The minimum atomic E-state index is -0.290. The molecule has 3 rings (SSSR count). The maximum atomic E-state index is 13.3. The zero-order valence-electron chi connectivity index (χ0n) is 11.4. The smallest absolute Gasteiger partial charge is 0.137 e. The van der Waals surface area contributed by atoms with Crippen molar-refractivity contribution >= 4 is 21.7 Å². The lowest BCUT2D eigenvalue weighted by Crippen LogP contribution is -2.38. The second kappa shape index (κ2) is 5.94. The van der Waals surface area contributed by atoms with Crippen LogP contribution in [0.5, 0.6) is 0 Å². The van der Waals surface area contributed by atoms with Crippen molar-refractivity contribution < 1.29 is 9.18 Å². The Balaban J connectivity index is 1.57. The summed E-state index contributed by atoms with van der Waals surface area (Å²) in [4.78, 5) is 12.2. The second-order valence-corrected chi connectivity index (χ2v) is 7.09. The molecule has 2 aliphatic heterocycles. The molecule has 0 aromatic heterocycles. The summed E-state index contributed by atoms with van der Waals surface area (Å²) in [6.45, 7) is 0. The molecule has 20 heavy (non-hydrogen) atoms. The molecule has 0 spiro atoms. The number of Topliss-reactive ketones (excluding diaryl/α,β-unsaturated/α-hetero) is 1. The van der Waals surface area contributed by atoms with E-state index in [0.29, 0.717) is 35.3 Å². The highest BCUT2D eigenvalue weighted by Crippen LogP contribution is 2.33. The van der Waals surface area contributed by atoms with Crippen molar-refractivity contribution in [1.29, 1.82) is 0 Å². The van der Waals surface area contributed by atoms with E-state index in [1.165, 1.54) is 25.0 Å². The van der Waals surface area contributed by atoms with Gasteiger partial charge in [-0.3, -0.25) is 4.79 Å². The van der Waals surface area contributed by atoms with Gasteiger partial charge in [0.15, 0.2) is 0 Å². The van der Waals surface area contributed by atoms with E-state index in [0.717, 1.165) is 18.4 Å². The van der Waals surface area contributed by atoms with Crippen LogP contribution < -0.4 is 5.32 Å². The molecule has 2 bridgehead atoms. The summed E-state index contributed by atoms with van der Waals surface area (Å²) in [7, 11) is 0. The molecule has 0 aliphatic carbocycles. The fourth-order valence-electron chi connectivity index (χ4n) is 3.68. The minimum absolute atomic E-state index is 0.230. The lowest BCUT2D eigenvalue weighted by atomic mass is 9.87. The van der Waals surface area contributed by atoms with E-state index in [9.17, 15) is 9.18 Å². The number of fused-ring (bicyclic) bond motifs is 2. The Bertz CT molecular complexity index is 487. The monoisotopic (exact) mass is 339 g/mol. The molecule has 0 radical (unpaired) electrons. The second-order valence-electron chi connectivity index (χ2n) is 6.17. The van der Waals surface area contributed by atoms with Gasteiger partial charge in [-0.15, -0.1) is 0 Å². The van der Waals surface area contributed by atoms with Gasteiger partial charge in [-0.05, 0) is 55.4 Å². The van der Waals surface area contributed by atoms with Gasteiger partial charge in [-0.25, -0.2) is 4.39 Å². The summed E-state index contributed by atoms with van der Waals surface area (Å²) in [6, 6.07) is 5.94. The molecule has 2 unspecified atom stereocenters. The van der Waals surface area contributed by atoms with Crippen LogP contribution in [0.2, 0.25) is 0 Å². The number of carbonyl (C=O) groups excluding carboxylic acids is 1. The molecular weight excluding hydrogens is 321 g/mol. The lowest BCUT2D eigenvalue weighted by Gasteiger charge is -2.28. The zero-order valence-corrected chi connectivity index (χ0v) is 13.0. The first-order valence-corrected chi connectivity index (χ1v) is 8.10. The van der Waals surface area contributed by atoms with Crippen LogP contribution in [-0.2, 0) is 11.2 Å². The number of piperidine rings is 1. The topological polar surface area (TPSA) is 29.1 Å². The highest BCUT2D eigenvalue weighted by Gasteiger charge is 2.33. The van der Waals surface area contributed by atoms with Crippen molar-refractivity contribution in [1.82, 2.24) is 5.32 Å². The fraction of sp³-hybridized carbons (Fsp3) is 0.562. The van der Waals surface area contributed by atoms with Gasteiger partial charge in [-0.2, -0.15) is 0 Å². The Morgan fingerprint density at radius 3 is 2.60 bits per heavy atom. The maximum absolute atomic E-state index is 13.3. The fourth-order valence-corrected chi connectivity index (χ4v) is 4.19. The summed E-state index contributed by atoms with van der Waals surface area (Å²) >= 11 is 3.27. The number of hydrogen-bond acceptors (Lipinski definition) is 2. The average Bonchev–Trinajstić information content (AvgIpc) is 2.67. The molecule has 1 N–H and O–H groups in total. The highest BCUT2D eigenvalue weighted by molar-refractivity contribution is 9.10. The number of halogens is 2. The first kappa shape index (κ1) is 14.2. The predicted octanol–water partition coefficient (Wildman–Crippen LogP) is 3.62. The maximum Gasteiger partial charge on any atom is 0.137 e. The summed E-state index contributed by atoms with van der Waals surface area (Å²) in [5, 5.41) is 3.59. The van der Waals surface area contributed by atoms with Crippen LogP contribution in [-0.4, -0.2) is 17.9 Å². The normalized spacial score (nSPS) is 28.6. The molecule has 2 saturated heterocycles. The van der Waals surface area contributed by atoms with Crippen LogP contribution in [0.4, 0.5) is 4.39 Å². The zero-order chi connectivity index (χ0) is 14.1. The molecular formula is C16H19BrFNO. The lowest BCUT2D eigenvalue weighted by molar-refractivity contribution is -0.119. The summed E-state index contributed by atoms with van der Waals surface area (Å²) in [6.07, 6.45) is 5.74. The van der Waals surface area contributed by atoms with E-state index in [-0.39, 0.29) is 11.6 Å². The Morgan fingerprint density at radius 2 is 1.95 bits per heavy atom. The minimum Gasteiger partial charge on any atom is -0.311 e. The largest absolute Gasteiger partial charge is 0.311 e. The first-order chi connectivity index (χ1) is 9.58. The third-order valence-electron chi connectivity index (χ3n) is 4.41. The van der Waals surface area contributed by atoms with Crippen molar-refractivity contribution in [2.45, 2.75) is 50.6 Å². The van der Waals surface area contributed by atoms with Gasteiger partial charge in [-0.1, -0.05) is 15.9 Å². The number of benzene rings is 1. The molecule has 2 aliphatic rings. The van der Waals surface area contributed by atoms with Gasteiger partial charge in [0.1, 0.15) is 11.6 Å². The van der Waals surface area contributed by atoms with Crippen molar-refractivity contribution in [3.8, 4) is 0 Å². The molecule has 2 nitrogen and oxygen atoms in total. The van der Waals surface area contributed by atoms with Crippen LogP contribution in [0.1, 0.15) is 37.7 Å². The third kappa shape index (κ3) is 3.47. The molecule has 4 heteroatoms. The van der Waals surface area contributed by atoms with Gasteiger partial charge >= 0.3 is 0 Å². The van der Waals surface area contributed by atoms with E-state index in [1.54, 1.807) is 0 Å². The Morgan fingerprint density at radius 1 is 1.25 bits per heavy atom. The highest BCUT2D eigenvalue weighted by atomic mass is 79.9. The predicted molar refractivity (Wildman–Crippen MR) is 80.1 cm³/mol. The van der Waals surface area contributed by atoms with Crippen LogP contribution in [0, 0.1) is 11.7 Å². The summed E-state index contributed by atoms with van der Waals surface area (Å²) in [5.41, 5.74) is 0.763. The van der Waals surface area contributed by atoms with Crippen molar-refractivity contribution in [2.24, 2.45) is 5.92 Å². The quantitative estimate of drug-likeness (QED) is 0.907. The number of carbonyl (C=O) groups is 1. The molecule has 1 aromatic carbocycles. The number of nitrogens with one attached hydrogen (secondary N) is 1. The molecule has 0 saturated carbocycles. The van der Waals surface area contributed by atoms with Crippen molar-refractivity contribution in [3.63, 3.8) is 0 Å². The number of rotatable bonds is 4. The molecule has 0 amide bonds. The standard InChI is InChI=1S/C16H19BrFNO/c17-12-3-10(4-13(18)9-12)7-16(20)8-11-5-14-1-2-15(6-11)19-14/h3-4,9,11,14-15,19H,1-2,5-8H2. The van der Waals surface area contributed by atoms with Crippen LogP contribution >= 0.6 is 15.9 Å². The van der Waals surface area contributed by atoms with Crippen LogP contribution in [0.3, 0.4) is 0 Å². The third-order valence-corrected chi connectivity index (χ3v) is 4.87. The van der Waals surface area contributed by atoms with Gasteiger partial charge in [0, 0.05) is 29.4 Å². The molecule has 1 aromatic rings. The Hall–Kier alpha value is -0.740. The van der Waals surface area contributed by atoms with Gasteiger partial charge in [0.25, 0.3) is 0 Å². The molecule has 2 fully saturated rings. The first-order valence-electron chi connectivity index (χ1n) is 7.31. The van der Waals surface area contributed by atoms with Crippen LogP contribution in [0.25, 0.3) is 0 Å². The van der Waals surface area contributed by atoms with Crippen molar-refractivity contribution in [3.05, 3.63) is 34.1 Å². The summed E-state index contributed by atoms with van der Waals surface area (Å²) < 4.78 is 14.0. The van der Waals surface area contributed by atoms with Crippen molar-refractivity contribution in [2.75, 3.05) is 0 Å². The van der Waals surface area contributed by atoms with E-state index >= 15 is 0 Å².